The number of hydrogen-bond donors (Lipinski definition) is 0. The van der Waals surface area contributed by atoms with Crippen LogP contribution in [0.1, 0.15) is 71.3 Å². The molecule has 0 bridgehead atoms. The number of hydrogen-bond acceptors (Lipinski definition) is 4. The Balaban J connectivity index is 1.37. The third kappa shape index (κ3) is 8.53. The SMILES string of the molecule is COCCN(C(C)=O)C1CCC(CCN2CCC(Cc3cc(OC(C)C)ccc3Br)CC2)CC1. The van der Waals surface area contributed by atoms with Gasteiger partial charge in [0.2, 0.25) is 5.91 Å². The highest BCUT2D eigenvalue weighted by Gasteiger charge is 2.28. The number of nitrogens with zero attached hydrogens (tertiary/aromatic N) is 2. The molecular formula is C28H45BrN2O3. The van der Waals surface area contributed by atoms with Gasteiger partial charge in [0.1, 0.15) is 5.75 Å². The Morgan fingerprint density at radius 1 is 1.12 bits per heavy atom. The lowest BCUT2D eigenvalue weighted by Gasteiger charge is -2.37. The van der Waals surface area contributed by atoms with Crippen molar-refractivity contribution in [2.75, 3.05) is 39.9 Å². The van der Waals surface area contributed by atoms with E-state index in [1.807, 2.05) is 4.90 Å². The summed E-state index contributed by atoms with van der Waals surface area (Å²) in [4.78, 5) is 16.7. The zero-order valence-corrected chi connectivity index (χ0v) is 23.3. The third-order valence-corrected chi connectivity index (χ3v) is 8.43. The highest BCUT2D eigenvalue weighted by molar-refractivity contribution is 9.10. The predicted molar refractivity (Wildman–Crippen MR) is 142 cm³/mol. The van der Waals surface area contributed by atoms with E-state index in [9.17, 15) is 4.79 Å². The summed E-state index contributed by atoms with van der Waals surface area (Å²) in [5.41, 5.74) is 1.37. The van der Waals surface area contributed by atoms with Crippen LogP contribution in [0.4, 0.5) is 0 Å². The van der Waals surface area contributed by atoms with E-state index in [0.717, 1.165) is 43.4 Å². The molecule has 0 radical (unpaired) electrons. The van der Waals surface area contributed by atoms with Crippen LogP contribution in [0.3, 0.4) is 0 Å². The van der Waals surface area contributed by atoms with Crippen molar-refractivity contribution < 1.29 is 14.3 Å². The van der Waals surface area contributed by atoms with Crippen LogP contribution >= 0.6 is 15.9 Å². The molecule has 0 N–H and O–H groups in total. The van der Waals surface area contributed by atoms with Crippen molar-refractivity contribution in [3.05, 3.63) is 28.2 Å². The van der Waals surface area contributed by atoms with Crippen molar-refractivity contribution in [3.8, 4) is 5.75 Å². The molecule has 1 aliphatic carbocycles. The Bertz CT molecular complexity index is 756. The molecule has 1 aromatic rings. The van der Waals surface area contributed by atoms with Crippen molar-refractivity contribution in [2.45, 2.75) is 84.3 Å². The molecule has 5 nitrogen and oxygen atoms in total. The lowest BCUT2D eigenvalue weighted by molar-refractivity contribution is -0.132. The number of ether oxygens (including phenoxy) is 2. The number of carbonyl (C=O) groups excluding carboxylic acids is 1. The summed E-state index contributed by atoms with van der Waals surface area (Å²) in [7, 11) is 1.71. The second-order valence-corrected chi connectivity index (χ2v) is 11.4. The molecule has 1 amide bonds. The van der Waals surface area contributed by atoms with E-state index in [1.165, 1.54) is 61.8 Å². The number of amides is 1. The maximum absolute atomic E-state index is 12.0. The first-order valence-electron chi connectivity index (χ1n) is 13.3. The van der Waals surface area contributed by atoms with E-state index >= 15 is 0 Å². The zero-order chi connectivity index (χ0) is 24.5. The fourth-order valence-electron chi connectivity index (χ4n) is 5.68. The summed E-state index contributed by atoms with van der Waals surface area (Å²) >= 11 is 3.74. The molecule has 1 aliphatic heterocycles. The molecule has 2 fully saturated rings. The molecule has 2 aliphatic rings. The van der Waals surface area contributed by atoms with Gasteiger partial charge in [-0.05, 0) is 120 Å². The fourth-order valence-corrected chi connectivity index (χ4v) is 6.08. The van der Waals surface area contributed by atoms with Gasteiger partial charge in [0.15, 0.2) is 0 Å². The smallest absolute Gasteiger partial charge is 0.219 e. The van der Waals surface area contributed by atoms with Gasteiger partial charge in [0.25, 0.3) is 0 Å². The van der Waals surface area contributed by atoms with Crippen LogP contribution in [0.25, 0.3) is 0 Å². The molecule has 34 heavy (non-hydrogen) atoms. The van der Waals surface area contributed by atoms with Crippen molar-refractivity contribution in [3.63, 3.8) is 0 Å². The number of likely N-dealkylation sites (tertiary alicyclic amines) is 1. The quantitative estimate of drug-likeness (QED) is 0.351. The van der Waals surface area contributed by atoms with Crippen molar-refractivity contribution in [1.82, 2.24) is 9.80 Å². The summed E-state index contributed by atoms with van der Waals surface area (Å²) in [5, 5.41) is 0. The van der Waals surface area contributed by atoms with Crippen LogP contribution in [0, 0.1) is 11.8 Å². The molecule has 0 spiro atoms. The predicted octanol–water partition coefficient (Wildman–Crippen LogP) is 5.93. The number of piperidine rings is 1. The van der Waals surface area contributed by atoms with E-state index in [0.29, 0.717) is 12.6 Å². The van der Waals surface area contributed by atoms with E-state index < -0.39 is 0 Å². The van der Waals surface area contributed by atoms with E-state index in [2.05, 4.69) is 52.9 Å². The van der Waals surface area contributed by atoms with Gasteiger partial charge in [-0.2, -0.15) is 0 Å². The van der Waals surface area contributed by atoms with Crippen molar-refractivity contribution in [1.29, 1.82) is 0 Å². The summed E-state index contributed by atoms with van der Waals surface area (Å²) < 4.78 is 12.3. The van der Waals surface area contributed by atoms with Gasteiger partial charge < -0.3 is 19.3 Å². The second-order valence-electron chi connectivity index (χ2n) is 10.6. The minimum Gasteiger partial charge on any atom is -0.491 e. The Morgan fingerprint density at radius 3 is 2.44 bits per heavy atom. The molecule has 6 heteroatoms. The van der Waals surface area contributed by atoms with Gasteiger partial charge in [-0.15, -0.1) is 0 Å². The Kier molecular flexibility index (Phi) is 11.2. The molecule has 1 saturated heterocycles. The monoisotopic (exact) mass is 536 g/mol. The van der Waals surface area contributed by atoms with Gasteiger partial charge >= 0.3 is 0 Å². The highest BCUT2D eigenvalue weighted by atomic mass is 79.9. The second kappa shape index (κ2) is 13.8. The molecule has 0 aromatic heterocycles. The van der Waals surface area contributed by atoms with Crippen LogP contribution in [-0.2, 0) is 16.0 Å². The first-order valence-corrected chi connectivity index (χ1v) is 14.1. The zero-order valence-electron chi connectivity index (χ0n) is 21.7. The molecule has 0 atom stereocenters. The molecular weight excluding hydrogens is 492 g/mol. The topological polar surface area (TPSA) is 42.0 Å². The van der Waals surface area contributed by atoms with Crippen LogP contribution in [-0.4, -0.2) is 67.7 Å². The molecule has 1 saturated carbocycles. The highest BCUT2D eigenvalue weighted by Crippen LogP contribution is 2.32. The van der Waals surface area contributed by atoms with E-state index in [4.69, 9.17) is 9.47 Å². The van der Waals surface area contributed by atoms with Crippen LogP contribution in [0.5, 0.6) is 5.75 Å². The summed E-state index contributed by atoms with van der Waals surface area (Å²) in [6.07, 6.45) is 9.98. The van der Waals surface area contributed by atoms with Gasteiger partial charge in [0, 0.05) is 31.1 Å². The summed E-state index contributed by atoms with van der Waals surface area (Å²) in [6.45, 7) is 10.9. The summed E-state index contributed by atoms with van der Waals surface area (Å²) in [6, 6.07) is 6.81. The molecule has 3 rings (SSSR count). The minimum absolute atomic E-state index is 0.189. The van der Waals surface area contributed by atoms with Gasteiger partial charge in [-0.3, -0.25) is 4.79 Å². The summed E-state index contributed by atoms with van der Waals surface area (Å²) in [5.74, 6) is 2.73. The first kappa shape index (κ1) is 27.5. The minimum atomic E-state index is 0.189. The van der Waals surface area contributed by atoms with Crippen molar-refractivity contribution in [2.24, 2.45) is 11.8 Å². The Labute approximate surface area is 215 Å². The number of methoxy groups -OCH3 is 1. The number of halogens is 1. The average molecular weight is 538 g/mol. The van der Waals surface area contributed by atoms with Crippen LogP contribution in [0.15, 0.2) is 22.7 Å². The van der Waals surface area contributed by atoms with Crippen LogP contribution < -0.4 is 4.74 Å². The largest absolute Gasteiger partial charge is 0.491 e. The number of carbonyl (C=O) groups is 1. The standard InChI is InChI=1S/C28H45BrN2O3/c1-21(2)34-27-9-10-28(29)25(20-27)19-24-12-15-30(16-13-24)14-11-23-5-7-26(8-6-23)31(22(3)32)17-18-33-4/h9-10,20-21,23-24,26H,5-8,11-19H2,1-4H3. The van der Waals surface area contributed by atoms with Crippen molar-refractivity contribution >= 4 is 21.8 Å². The lowest BCUT2D eigenvalue weighted by Crippen LogP contribution is -2.43. The molecule has 192 valence electrons. The first-order chi connectivity index (χ1) is 16.4. The van der Waals surface area contributed by atoms with Crippen LogP contribution in [0.2, 0.25) is 0 Å². The Morgan fingerprint density at radius 2 is 1.82 bits per heavy atom. The fraction of sp³-hybridized carbons (Fsp3) is 0.750. The van der Waals surface area contributed by atoms with E-state index in [1.54, 1.807) is 14.0 Å². The van der Waals surface area contributed by atoms with Gasteiger partial charge in [0.05, 0.1) is 12.7 Å². The average Bonchev–Trinajstić information content (AvgIpc) is 2.81. The molecule has 0 unspecified atom stereocenters. The molecule has 1 heterocycles. The molecule has 1 aromatic carbocycles. The number of benzene rings is 1. The third-order valence-electron chi connectivity index (χ3n) is 7.66. The Hall–Kier alpha value is -1.11. The maximum Gasteiger partial charge on any atom is 0.219 e. The van der Waals surface area contributed by atoms with Gasteiger partial charge in [-0.1, -0.05) is 15.9 Å². The lowest BCUT2D eigenvalue weighted by atomic mass is 9.83. The van der Waals surface area contributed by atoms with Gasteiger partial charge in [-0.25, -0.2) is 0 Å². The maximum atomic E-state index is 12.0. The normalized spacial score (nSPS) is 22.2. The number of rotatable bonds is 11. The van der Waals surface area contributed by atoms with E-state index in [-0.39, 0.29) is 12.0 Å².